The van der Waals surface area contributed by atoms with Crippen molar-refractivity contribution in [3.05, 3.63) is 34.9 Å². The molecule has 0 aliphatic carbocycles. The van der Waals surface area contributed by atoms with Crippen molar-refractivity contribution < 1.29 is 0 Å². The monoisotopic (exact) mass is 259 g/mol. The lowest BCUT2D eigenvalue weighted by Gasteiger charge is -2.25. The number of nitrogens with zero attached hydrogens (tertiary/aromatic N) is 1. The number of benzene rings is 1. The summed E-state index contributed by atoms with van der Waals surface area (Å²) in [5.41, 5.74) is 4.48. The van der Waals surface area contributed by atoms with Crippen molar-refractivity contribution in [3.8, 4) is 0 Å². The van der Waals surface area contributed by atoms with Gasteiger partial charge < -0.3 is 4.90 Å². The van der Waals surface area contributed by atoms with Crippen molar-refractivity contribution in [2.24, 2.45) is 0 Å². The molecule has 1 fully saturated rings. The molecule has 0 amide bonds. The van der Waals surface area contributed by atoms with Gasteiger partial charge in [-0.2, -0.15) is 0 Å². The van der Waals surface area contributed by atoms with Gasteiger partial charge in [-0.15, -0.1) is 0 Å². The first-order valence-corrected chi connectivity index (χ1v) is 7.96. The fourth-order valence-corrected chi connectivity index (χ4v) is 3.52. The third kappa shape index (κ3) is 3.39. The molecule has 0 N–H and O–H groups in total. The molecule has 1 aliphatic heterocycles. The van der Waals surface area contributed by atoms with Crippen LogP contribution in [0.5, 0.6) is 0 Å². The Balaban J connectivity index is 1.92. The van der Waals surface area contributed by atoms with Gasteiger partial charge in [-0.05, 0) is 69.2 Å². The van der Waals surface area contributed by atoms with Crippen LogP contribution < -0.4 is 0 Å². The number of aryl methyl sites for hydroxylation is 3. The Kier molecular flexibility index (Phi) is 5.04. The molecule has 19 heavy (non-hydrogen) atoms. The van der Waals surface area contributed by atoms with Crippen molar-refractivity contribution in [2.45, 2.75) is 71.4 Å². The van der Waals surface area contributed by atoms with Crippen LogP contribution in [0, 0.1) is 6.92 Å². The van der Waals surface area contributed by atoms with Gasteiger partial charge in [0.15, 0.2) is 0 Å². The molecular formula is C18H29N. The Morgan fingerprint density at radius 1 is 1.16 bits per heavy atom. The molecule has 1 aliphatic rings. The van der Waals surface area contributed by atoms with E-state index < -0.39 is 0 Å². The van der Waals surface area contributed by atoms with E-state index >= 15 is 0 Å². The Labute approximate surface area is 119 Å². The van der Waals surface area contributed by atoms with E-state index in [9.17, 15) is 0 Å². The van der Waals surface area contributed by atoms with E-state index in [-0.39, 0.29) is 0 Å². The summed E-state index contributed by atoms with van der Waals surface area (Å²) in [6.07, 6.45) is 7.80. The summed E-state index contributed by atoms with van der Waals surface area (Å²) in [5.74, 6) is 0. The number of hydrogen-bond acceptors (Lipinski definition) is 1. The second-order valence-electron chi connectivity index (χ2n) is 6.11. The Morgan fingerprint density at radius 3 is 2.53 bits per heavy atom. The maximum Gasteiger partial charge on any atom is 0.00988 e. The molecule has 2 atom stereocenters. The van der Waals surface area contributed by atoms with Crippen LogP contribution in [-0.2, 0) is 12.8 Å². The van der Waals surface area contributed by atoms with E-state index in [0.29, 0.717) is 0 Å². The molecule has 106 valence electrons. The van der Waals surface area contributed by atoms with E-state index in [1.807, 2.05) is 0 Å². The van der Waals surface area contributed by atoms with Crippen LogP contribution in [0.25, 0.3) is 0 Å². The minimum atomic E-state index is 0.802. The topological polar surface area (TPSA) is 3.24 Å². The summed E-state index contributed by atoms with van der Waals surface area (Å²) in [4.78, 5) is 2.62. The molecule has 1 heterocycles. The first-order chi connectivity index (χ1) is 9.15. The molecular weight excluding hydrogens is 230 g/mol. The normalized spacial score (nSPS) is 24.0. The summed E-state index contributed by atoms with van der Waals surface area (Å²) in [6, 6.07) is 8.66. The highest BCUT2D eigenvalue weighted by Crippen LogP contribution is 2.27. The first kappa shape index (κ1) is 14.6. The van der Waals surface area contributed by atoms with Crippen LogP contribution in [-0.4, -0.2) is 24.0 Å². The average Bonchev–Trinajstić information content (AvgIpc) is 2.78. The summed E-state index contributed by atoms with van der Waals surface area (Å²) >= 11 is 0. The van der Waals surface area contributed by atoms with Gasteiger partial charge in [-0.25, -0.2) is 0 Å². The van der Waals surface area contributed by atoms with E-state index in [1.54, 1.807) is 0 Å². The van der Waals surface area contributed by atoms with Gasteiger partial charge in [0.1, 0.15) is 0 Å². The van der Waals surface area contributed by atoms with Gasteiger partial charge in [-0.1, -0.05) is 32.0 Å². The fraction of sp³-hybridized carbons (Fsp3) is 0.667. The summed E-state index contributed by atoms with van der Waals surface area (Å²) < 4.78 is 0. The smallest absolute Gasteiger partial charge is 0.00988 e. The standard InChI is InChI=1S/C18H29N/c1-5-16-13-15(8-7-14(16)3)9-10-18-12-11-17(6-2)19(18)4/h7-8,13,17-18H,5-6,9-12H2,1-4H3. The molecule has 0 radical (unpaired) electrons. The Hall–Kier alpha value is -0.820. The van der Waals surface area contributed by atoms with Crippen molar-refractivity contribution in [1.29, 1.82) is 0 Å². The van der Waals surface area contributed by atoms with Crippen LogP contribution in [0.4, 0.5) is 0 Å². The summed E-state index contributed by atoms with van der Waals surface area (Å²) in [6.45, 7) is 6.79. The van der Waals surface area contributed by atoms with Gasteiger partial charge in [0.05, 0.1) is 0 Å². The van der Waals surface area contributed by atoms with E-state index in [0.717, 1.165) is 18.5 Å². The molecule has 2 rings (SSSR count). The lowest BCUT2D eigenvalue weighted by molar-refractivity contribution is 0.227. The van der Waals surface area contributed by atoms with Crippen molar-refractivity contribution >= 4 is 0 Å². The molecule has 2 unspecified atom stereocenters. The summed E-state index contributed by atoms with van der Waals surface area (Å²) in [5, 5.41) is 0. The molecule has 1 heteroatoms. The fourth-order valence-electron chi connectivity index (χ4n) is 3.52. The minimum Gasteiger partial charge on any atom is -0.300 e. The largest absolute Gasteiger partial charge is 0.300 e. The molecule has 1 aromatic rings. The van der Waals surface area contributed by atoms with Crippen LogP contribution in [0.15, 0.2) is 18.2 Å². The second kappa shape index (κ2) is 6.56. The molecule has 0 saturated carbocycles. The predicted molar refractivity (Wildman–Crippen MR) is 83.7 cm³/mol. The number of hydrogen-bond donors (Lipinski definition) is 0. The maximum absolute atomic E-state index is 2.62. The van der Waals surface area contributed by atoms with Crippen molar-refractivity contribution in [2.75, 3.05) is 7.05 Å². The van der Waals surface area contributed by atoms with Gasteiger partial charge >= 0.3 is 0 Å². The van der Waals surface area contributed by atoms with Gasteiger partial charge in [0.2, 0.25) is 0 Å². The second-order valence-corrected chi connectivity index (χ2v) is 6.11. The quantitative estimate of drug-likeness (QED) is 0.759. The average molecular weight is 259 g/mol. The molecule has 1 saturated heterocycles. The predicted octanol–water partition coefficient (Wildman–Crippen LogP) is 4.36. The third-order valence-corrected chi connectivity index (χ3v) is 5.02. The van der Waals surface area contributed by atoms with Crippen LogP contribution in [0.2, 0.25) is 0 Å². The van der Waals surface area contributed by atoms with Crippen molar-refractivity contribution in [1.82, 2.24) is 4.90 Å². The van der Waals surface area contributed by atoms with Crippen molar-refractivity contribution in [3.63, 3.8) is 0 Å². The lowest BCUT2D eigenvalue weighted by Crippen LogP contribution is -2.32. The Bertz CT molecular complexity index is 410. The molecule has 0 bridgehead atoms. The maximum atomic E-state index is 2.62. The minimum absolute atomic E-state index is 0.802. The van der Waals surface area contributed by atoms with E-state index in [1.165, 1.54) is 48.8 Å². The number of rotatable bonds is 5. The zero-order valence-electron chi connectivity index (χ0n) is 13.1. The zero-order valence-corrected chi connectivity index (χ0v) is 13.1. The van der Waals surface area contributed by atoms with Crippen LogP contribution in [0.3, 0.4) is 0 Å². The Morgan fingerprint density at radius 2 is 1.89 bits per heavy atom. The van der Waals surface area contributed by atoms with Crippen LogP contribution in [0.1, 0.15) is 56.2 Å². The molecule has 1 aromatic carbocycles. The molecule has 1 nitrogen and oxygen atoms in total. The van der Waals surface area contributed by atoms with Gasteiger partial charge in [-0.3, -0.25) is 0 Å². The highest BCUT2D eigenvalue weighted by atomic mass is 15.2. The van der Waals surface area contributed by atoms with E-state index in [4.69, 9.17) is 0 Å². The summed E-state index contributed by atoms with van der Waals surface area (Å²) in [7, 11) is 2.32. The highest BCUT2D eigenvalue weighted by molar-refractivity contribution is 5.31. The molecule has 0 aromatic heterocycles. The van der Waals surface area contributed by atoms with Gasteiger partial charge in [0, 0.05) is 12.1 Å². The molecule has 0 spiro atoms. The highest BCUT2D eigenvalue weighted by Gasteiger charge is 2.28. The lowest BCUT2D eigenvalue weighted by atomic mass is 9.98. The van der Waals surface area contributed by atoms with E-state index in [2.05, 4.69) is 50.9 Å². The third-order valence-electron chi connectivity index (χ3n) is 5.02. The van der Waals surface area contributed by atoms with Gasteiger partial charge in [0.25, 0.3) is 0 Å². The first-order valence-electron chi connectivity index (χ1n) is 7.96. The number of likely N-dealkylation sites (tertiary alicyclic amines) is 1. The SMILES string of the molecule is CCc1cc(CCC2CCC(CC)N2C)ccc1C. The zero-order chi connectivity index (χ0) is 13.8. The van der Waals surface area contributed by atoms with Crippen LogP contribution >= 0.6 is 0 Å².